The summed E-state index contributed by atoms with van der Waals surface area (Å²) in [6.45, 7) is 12.7. The minimum atomic E-state index is 0.0880. The van der Waals surface area contributed by atoms with Crippen molar-refractivity contribution in [3.05, 3.63) is 72.1 Å². The highest BCUT2D eigenvalue weighted by atomic mass is 16.5. The molecule has 1 atom stereocenters. The number of carbonyl (C=O) groups is 1. The van der Waals surface area contributed by atoms with Gasteiger partial charge in [-0.3, -0.25) is 4.79 Å². The first-order valence-electron chi connectivity index (χ1n) is 11.0. The molecule has 1 aliphatic rings. The van der Waals surface area contributed by atoms with Crippen molar-refractivity contribution >= 4 is 16.9 Å². The fraction of sp³-hybridized carbons (Fsp3) is 0.385. The number of amides is 1. The summed E-state index contributed by atoms with van der Waals surface area (Å²) in [6.07, 6.45) is 2.28. The number of imidazole rings is 1. The minimum absolute atomic E-state index is 0.0880. The van der Waals surface area contributed by atoms with Gasteiger partial charge in [-0.15, -0.1) is 6.58 Å². The minimum Gasteiger partial charge on any atom is -0.491 e. The Morgan fingerprint density at radius 3 is 2.84 bits per heavy atom. The highest BCUT2D eigenvalue weighted by Gasteiger charge is 2.33. The van der Waals surface area contributed by atoms with E-state index in [9.17, 15) is 4.79 Å². The molecule has 1 aromatic heterocycles. The average Bonchev–Trinajstić information content (AvgIpc) is 3.29. The normalized spacial score (nSPS) is 16.5. The largest absolute Gasteiger partial charge is 0.491 e. The second kappa shape index (κ2) is 8.96. The SMILES string of the molecule is C=CCN1CC(c2nc3ccccc3n2CCOc2cc(C)ccc2C(C)C)CC1=O. The molecule has 31 heavy (non-hydrogen) atoms. The summed E-state index contributed by atoms with van der Waals surface area (Å²) in [7, 11) is 0. The predicted octanol–water partition coefficient (Wildman–Crippen LogP) is 5.05. The van der Waals surface area contributed by atoms with Gasteiger partial charge in [-0.05, 0) is 42.2 Å². The van der Waals surface area contributed by atoms with E-state index in [0.29, 0.717) is 38.6 Å². The van der Waals surface area contributed by atoms with E-state index < -0.39 is 0 Å². The molecule has 1 aliphatic heterocycles. The van der Waals surface area contributed by atoms with E-state index in [1.165, 1.54) is 11.1 Å². The van der Waals surface area contributed by atoms with Crippen molar-refractivity contribution in [2.24, 2.45) is 0 Å². The zero-order chi connectivity index (χ0) is 22.0. The van der Waals surface area contributed by atoms with Gasteiger partial charge in [0.15, 0.2) is 0 Å². The number of benzene rings is 2. The number of para-hydroxylation sites is 2. The molecule has 0 aliphatic carbocycles. The molecule has 4 rings (SSSR count). The van der Waals surface area contributed by atoms with E-state index in [-0.39, 0.29) is 11.8 Å². The van der Waals surface area contributed by atoms with E-state index in [4.69, 9.17) is 9.72 Å². The summed E-state index contributed by atoms with van der Waals surface area (Å²) >= 11 is 0. The van der Waals surface area contributed by atoms with E-state index >= 15 is 0 Å². The van der Waals surface area contributed by atoms with Crippen molar-refractivity contribution in [1.29, 1.82) is 0 Å². The lowest BCUT2D eigenvalue weighted by atomic mass is 10.0. The molecule has 0 radical (unpaired) electrons. The summed E-state index contributed by atoms with van der Waals surface area (Å²) in [5.74, 6) is 2.58. The molecule has 1 unspecified atom stereocenters. The van der Waals surface area contributed by atoms with Crippen LogP contribution in [0.5, 0.6) is 5.75 Å². The van der Waals surface area contributed by atoms with Gasteiger partial charge in [0.25, 0.3) is 0 Å². The molecule has 5 nitrogen and oxygen atoms in total. The molecule has 0 bridgehead atoms. The summed E-state index contributed by atoms with van der Waals surface area (Å²) in [6, 6.07) is 14.6. The fourth-order valence-electron chi connectivity index (χ4n) is 4.41. The van der Waals surface area contributed by atoms with Crippen molar-refractivity contribution in [1.82, 2.24) is 14.5 Å². The molecule has 2 heterocycles. The molecule has 0 N–H and O–H groups in total. The lowest BCUT2D eigenvalue weighted by Gasteiger charge is -2.17. The predicted molar refractivity (Wildman–Crippen MR) is 125 cm³/mol. The quantitative estimate of drug-likeness (QED) is 0.482. The Morgan fingerprint density at radius 2 is 2.06 bits per heavy atom. The van der Waals surface area contributed by atoms with Gasteiger partial charge in [-0.2, -0.15) is 0 Å². The van der Waals surface area contributed by atoms with E-state index in [0.717, 1.165) is 22.6 Å². The average molecular weight is 418 g/mol. The Hall–Kier alpha value is -3.08. The van der Waals surface area contributed by atoms with Crippen LogP contribution in [0.4, 0.5) is 0 Å². The van der Waals surface area contributed by atoms with Gasteiger partial charge in [0.2, 0.25) is 5.91 Å². The van der Waals surface area contributed by atoms with Gasteiger partial charge >= 0.3 is 0 Å². The Labute approximate surface area is 184 Å². The number of ether oxygens (including phenoxy) is 1. The number of hydrogen-bond acceptors (Lipinski definition) is 3. The molecule has 2 aromatic carbocycles. The maximum absolute atomic E-state index is 12.4. The van der Waals surface area contributed by atoms with Crippen molar-refractivity contribution in [3.8, 4) is 5.75 Å². The van der Waals surface area contributed by atoms with E-state index in [1.54, 1.807) is 6.08 Å². The monoisotopic (exact) mass is 417 g/mol. The number of nitrogens with zero attached hydrogens (tertiary/aromatic N) is 3. The maximum Gasteiger partial charge on any atom is 0.223 e. The number of rotatable bonds is 8. The summed E-state index contributed by atoms with van der Waals surface area (Å²) in [5.41, 5.74) is 4.47. The van der Waals surface area contributed by atoms with Crippen LogP contribution in [0.15, 0.2) is 55.1 Å². The fourth-order valence-corrected chi connectivity index (χ4v) is 4.41. The summed E-state index contributed by atoms with van der Waals surface area (Å²) < 4.78 is 8.49. The first-order valence-corrected chi connectivity index (χ1v) is 11.0. The highest BCUT2D eigenvalue weighted by Crippen LogP contribution is 2.31. The van der Waals surface area contributed by atoms with Crippen LogP contribution in [-0.4, -0.2) is 40.1 Å². The third-order valence-corrected chi connectivity index (χ3v) is 5.98. The number of hydrogen-bond donors (Lipinski definition) is 0. The van der Waals surface area contributed by atoms with Crippen molar-refractivity contribution in [2.45, 2.75) is 45.6 Å². The van der Waals surface area contributed by atoms with Gasteiger partial charge in [0.05, 0.1) is 17.6 Å². The Kier molecular flexibility index (Phi) is 6.12. The smallest absolute Gasteiger partial charge is 0.223 e. The molecular weight excluding hydrogens is 386 g/mol. The van der Waals surface area contributed by atoms with Crippen LogP contribution in [0.2, 0.25) is 0 Å². The third kappa shape index (κ3) is 4.36. The maximum atomic E-state index is 12.4. The van der Waals surface area contributed by atoms with Gasteiger partial charge in [-0.1, -0.05) is 44.2 Å². The van der Waals surface area contributed by atoms with Crippen LogP contribution < -0.4 is 4.74 Å². The molecule has 1 amide bonds. The van der Waals surface area contributed by atoms with Crippen LogP contribution in [0.25, 0.3) is 11.0 Å². The Balaban J connectivity index is 1.58. The first kappa shape index (κ1) is 21.2. The van der Waals surface area contributed by atoms with Crippen molar-refractivity contribution in [2.75, 3.05) is 19.7 Å². The Bertz CT molecular complexity index is 1100. The van der Waals surface area contributed by atoms with Crippen LogP contribution >= 0.6 is 0 Å². The molecular formula is C26H31N3O2. The van der Waals surface area contributed by atoms with Gasteiger partial charge in [-0.25, -0.2) is 4.98 Å². The van der Waals surface area contributed by atoms with E-state index in [2.05, 4.69) is 56.2 Å². The van der Waals surface area contributed by atoms with Crippen LogP contribution in [0.3, 0.4) is 0 Å². The van der Waals surface area contributed by atoms with Gasteiger partial charge < -0.3 is 14.2 Å². The molecule has 5 heteroatoms. The zero-order valence-electron chi connectivity index (χ0n) is 18.7. The lowest BCUT2D eigenvalue weighted by molar-refractivity contribution is -0.127. The molecule has 0 spiro atoms. The number of carbonyl (C=O) groups excluding carboxylic acids is 1. The summed E-state index contributed by atoms with van der Waals surface area (Å²) in [4.78, 5) is 19.2. The third-order valence-electron chi connectivity index (χ3n) is 5.98. The van der Waals surface area contributed by atoms with Crippen LogP contribution in [0, 0.1) is 6.92 Å². The number of aryl methyl sites for hydroxylation is 1. The summed E-state index contributed by atoms with van der Waals surface area (Å²) in [5, 5.41) is 0. The van der Waals surface area contributed by atoms with Crippen LogP contribution in [0.1, 0.15) is 49.1 Å². The van der Waals surface area contributed by atoms with E-state index in [1.807, 2.05) is 23.1 Å². The number of aromatic nitrogens is 2. The molecule has 162 valence electrons. The topological polar surface area (TPSA) is 47.4 Å². The second-order valence-corrected chi connectivity index (χ2v) is 8.64. The molecule has 3 aromatic rings. The molecule has 1 saturated heterocycles. The van der Waals surface area contributed by atoms with Crippen molar-refractivity contribution < 1.29 is 9.53 Å². The number of fused-ring (bicyclic) bond motifs is 1. The van der Waals surface area contributed by atoms with Gasteiger partial charge in [0.1, 0.15) is 18.2 Å². The zero-order valence-corrected chi connectivity index (χ0v) is 18.7. The van der Waals surface area contributed by atoms with Gasteiger partial charge in [0, 0.05) is 25.4 Å². The second-order valence-electron chi connectivity index (χ2n) is 8.64. The first-order chi connectivity index (χ1) is 15.0. The Morgan fingerprint density at radius 1 is 1.26 bits per heavy atom. The van der Waals surface area contributed by atoms with Crippen LogP contribution in [-0.2, 0) is 11.3 Å². The van der Waals surface area contributed by atoms with Crippen molar-refractivity contribution in [3.63, 3.8) is 0 Å². The highest BCUT2D eigenvalue weighted by molar-refractivity contribution is 5.81. The number of likely N-dealkylation sites (tertiary alicyclic amines) is 1. The molecule has 0 saturated carbocycles. The lowest BCUT2D eigenvalue weighted by Crippen LogP contribution is -2.25. The molecule has 1 fully saturated rings. The standard InChI is InChI=1S/C26H31N3O2/c1-5-12-28-17-20(16-25(28)30)26-27-22-8-6-7-9-23(22)29(26)13-14-31-24-15-19(4)10-11-21(24)18(2)3/h5-11,15,18,20H,1,12-14,16-17H2,2-4H3.